The van der Waals surface area contributed by atoms with Crippen molar-refractivity contribution in [2.24, 2.45) is 10.8 Å². The van der Waals surface area contributed by atoms with Crippen LogP contribution in [0.3, 0.4) is 0 Å². The van der Waals surface area contributed by atoms with E-state index in [-0.39, 0.29) is 77.1 Å². The highest BCUT2D eigenvalue weighted by molar-refractivity contribution is 6.38. The first kappa shape index (κ1) is 59.9. The molecule has 4 saturated carbocycles. The van der Waals surface area contributed by atoms with E-state index in [2.05, 4.69) is 27.5 Å². The van der Waals surface area contributed by atoms with Gasteiger partial charge in [0.15, 0.2) is 23.1 Å². The summed E-state index contributed by atoms with van der Waals surface area (Å²) in [7, 11) is -1.13. The van der Waals surface area contributed by atoms with E-state index in [9.17, 15) is 60.1 Å². The van der Waals surface area contributed by atoms with Crippen molar-refractivity contribution in [1.82, 2.24) is 25.1 Å². The van der Waals surface area contributed by atoms with Crippen LogP contribution in [-0.4, -0.2) is 121 Å². The topological polar surface area (TPSA) is 218 Å². The average Bonchev–Trinajstić information content (AvgIpc) is 4.19. The fourth-order valence-electron chi connectivity index (χ4n) is 10.8. The van der Waals surface area contributed by atoms with Gasteiger partial charge in [-0.2, -0.15) is 4.39 Å². The molecule has 2 saturated heterocycles. The van der Waals surface area contributed by atoms with Crippen LogP contribution in [-0.2, 0) is 14.1 Å². The Labute approximate surface area is 450 Å². The van der Waals surface area contributed by atoms with Gasteiger partial charge in [0.2, 0.25) is 16.7 Å². The van der Waals surface area contributed by atoms with Crippen molar-refractivity contribution in [3.63, 3.8) is 0 Å². The number of hydrogen-bond acceptors (Lipinski definition) is 13. The number of anilines is 1. The number of carboxylic acid groups (broad SMARTS) is 1. The van der Waals surface area contributed by atoms with Crippen LogP contribution in [0.25, 0.3) is 21.8 Å². The molecule has 2 unspecified atom stereocenters. The van der Waals surface area contributed by atoms with Gasteiger partial charge in [-0.3, -0.25) is 9.59 Å². The maximum atomic E-state index is 15.8. The number of nitrogens with one attached hydrogen (secondary N) is 3. The Morgan fingerprint density at radius 1 is 0.709 bits per heavy atom. The Kier molecular flexibility index (Phi) is 16.0. The minimum absolute atomic E-state index is 0. The van der Waals surface area contributed by atoms with E-state index >= 15 is 4.39 Å². The van der Waals surface area contributed by atoms with Gasteiger partial charge >= 0.3 is 31.6 Å². The molecule has 4 N–H and O–H groups in total. The van der Waals surface area contributed by atoms with E-state index < -0.39 is 117 Å². The number of hydrogen-bond donors (Lipinski definition) is 4. The van der Waals surface area contributed by atoms with Gasteiger partial charge in [-0.05, 0) is 93.2 Å². The molecule has 79 heavy (non-hydrogen) atoms. The van der Waals surface area contributed by atoms with Crippen LogP contribution in [0.5, 0.6) is 11.5 Å². The highest BCUT2D eigenvalue weighted by atomic mass is 19.2. The fourth-order valence-corrected chi connectivity index (χ4v) is 10.8. The number of halogens is 7. The van der Waals surface area contributed by atoms with E-state index in [1.807, 2.05) is 27.7 Å². The number of aromatic nitrogens is 2. The zero-order chi connectivity index (χ0) is 57.6. The lowest BCUT2D eigenvalue weighted by Crippen LogP contribution is -2.54. The second-order valence-electron chi connectivity index (χ2n) is 23.3. The van der Waals surface area contributed by atoms with Crippen LogP contribution >= 0.6 is 0 Å². The van der Waals surface area contributed by atoms with Gasteiger partial charge < -0.3 is 58.7 Å². The van der Waals surface area contributed by atoms with Crippen molar-refractivity contribution in [2.75, 3.05) is 45.3 Å². The lowest BCUT2D eigenvalue weighted by atomic mass is 9.86. The molecule has 4 heterocycles. The maximum Gasteiger partial charge on any atom is 0.798 e. The van der Waals surface area contributed by atoms with Crippen LogP contribution in [0.15, 0.2) is 34.1 Å². The Bertz CT molecular complexity index is 3230. The number of carbonyl (C=O) groups excluding carboxylic acids is 3. The first-order valence-corrected chi connectivity index (χ1v) is 25.3. The molecule has 18 nitrogen and oxygen atoms in total. The number of carboxylic acids is 1. The van der Waals surface area contributed by atoms with E-state index in [1.54, 1.807) is 25.7 Å². The standard InChI is InChI=1S/C26H31F2N3O6.C14H9BF5NO4.C12H22N2O2.CH4/c1-24(2,3)37-23(35)29-25(4)11-30(12-26(25)6-7-26)19-16(28)8-13-18(21(19)36-5)31(17-9-15(17)27)10-14(20(13)32)22(33)34;1-24-13-10(18)8(17)2-5-11(13)21(9-3-7(9)16)4-6(12(5)22)14(23)25-15(19)20;1-10(2,3)16-9(15)14-11(4)7-13-8-12(11)5-6-12;/h8,10,15,17H,6-7,9,11-12H2,1-5H3,(H,29,35)(H,33,34);2,4,7,9H,3H2,1H3;13H,5-8H2,1-4H3,(H,14,15);1H4/t15-,17+,25?;7-,9+;;/m00../s1. The number of amides is 2. The van der Waals surface area contributed by atoms with Crippen LogP contribution in [0.1, 0.15) is 134 Å². The molecule has 2 aromatic heterocycles. The van der Waals surface area contributed by atoms with Crippen molar-refractivity contribution in [3.8, 4) is 11.5 Å². The summed E-state index contributed by atoms with van der Waals surface area (Å²) in [6, 6.07) is -0.0494. The fraction of sp³-hybridized carbons (Fsp3) is 0.585. The molecule has 6 aliphatic rings. The molecule has 0 radical (unpaired) electrons. The third kappa shape index (κ3) is 11.7. The molecule has 26 heteroatoms. The van der Waals surface area contributed by atoms with Crippen molar-refractivity contribution >= 4 is 59.1 Å². The Morgan fingerprint density at radius 2 is 1.16 bits per heavy atom. The highest BCUT2D eigenvalue weighted by Crippen LogP contribution is 2.60. The average molecular weight is 1120 g/mol. The van der Waals surface area contributed by atoms with Gasteiger partial charge in [0.1, 0.15) is 40.4 Å². The largest absolute Gasteiger partial charge is 0.798 e. The highest BCUT2D eigenvalue weighted by Gasteiger charge is 2.64. The number of nitrogens with zero attached hydrogens (tertiary/aromatic N) is 3. The third-order valence-corrected chi connectivity index (χ3v) is 15.4. The number of benzene rings is 2. The zero-order valence-electron chi connectivity index (χ0n) is 44.7. The van der Waals surface area contributed by atoms with Gasteiger partial charge in [-0.15, -0.1) is 0 Å². The number of ether oxygens (including phenoxy) is 4. The monoisotopic (exact) mass is 1120 g/mol. The number of rotatable bonds is 10. The van der Waals surface area contributed by atoms with Crippen LogP contribution in [0.4, 0.5) is 45.9 Å². The number of fused-ring (bicyclic) bond motifs is 2. The summed E-state index contributed by atoms with van der Waals surface area (Å²) in [5, 5.41) is 18.2. The van der Waals surface area contributed by atoms with E-state index in [0.717, 1.165) is 56.1 Å². The van der Waals surface area contributed by atoms with Gasteiger partial charge in [0.05, 0.1) is 59.2 Å². The first-order valence-electron chi connectivity index (χ1n) is 25.3. The molecule has 10 rings (SSSR count). The molecule has 4 aromatic rings. The van der Waals surface area contributed by atoms with Gasteiger partial charge in [-0.25, -0.2) is 45.4 Å². The van der Waals surface area contributed by atoms with Crippen LogP contribution in [0, 0.1) is 28.3 Å². The number of methoxy groups -OCH3 is 2. The quantitative estimate of drug-likeness (QED) is 0.0861. The maximum absolute atomic E-state index is 15.8. The van der Waals surface area contributed by atoms with Gasteiger partial charge in [-0.1, -0.05) is 7.43 Å². The van der Waals surface area contributed by atoms with Crippen molar-refractivity contribution in [3.05, 3.63) is 73.6 Å². The molecular weight excluding hydrogens is 1060 g/mol. The lowest BCUT2D eigenvalue weighted by Gasteiger charge is -2.33. The number of pyridine rings is 2. The van der Waals surface area contributed by atoms with Gasteiger partial charge in [0, 0.05) is 62.2 Å². The van der Waals surface area contributed by atoms with Gasteiger partial charge in [0.25, 0.3) is 0 Å². The number of alkyl carbamates (subject to hydrolysis) is 2. The minimum Gasteiger partial charge on any atom is -0.492 e. The van der Waals surface area contributed by atoms with E-state index in [4.69, 9.17) is 18.9 Å². The molecule has 2 spiro atoms. The molecule has 6 fully saturated rings. The predicted octanol–water partition coefficient (Wildman–Crippen LogP) is 8.96. The molecule has 432 valence electrons. The predicted molar refractivity (Wildman–Crippen MR) is 278 cm³/mol. The number of carbonyl (C=O) groups is 4. The molecule has 6 atom stereocenters. The molecule has 0 bridgehead atoms. The minimum atomic E-state index is -3.48. The van der Waals surface area contributed by atoms with Crippen molar-refractivity contribution in [1.29, 1.82) is 0 Å². The number of alkyl halides is 2. The van der Waals surface area contributed by atoms with Crippen LogP contribution < -0.4 is 41.2 Å². The first-order chi connectivity index (χ1) is 36.2. The second kappa shape index (κ2) is 21.1. The molecule has 2 amide bonds. The van der Waals surface area contributed by atoms with E-state index in [0.29, 0.717) is 12.6 Å². The summed E-state index contributed by atoms with van der Waals surface area (Å²) < 4.78 is 123. The zero-order valence-corrected chi connectivity index (χ0v) is 44.7. The summed E-state index contributed by atoms with van der Waals surface area (Å²) in [6.07, 6.45) is 2.66. The summed E-state index contributed by atoms with van der Waals surface area (Å²) in [5.41, 5.74) is -5.47. The second-order valence-corrected chi connectivity index (χ2v) is 23.3. The normalized spacial score (nSPS) is 24.5. The molecule has 2 aromatic carbocycles. The summed E-state index contributed by atoms with van der Waals surface area (Å²) >= 11 is 0. The number of aromatic carboxylic acids is 1. The summed E-state index contributed by atoms with van der Waals surface area (Å²) in [4.78, 5) is 74.9. The summed E-state index contributed by atoms with van der Waals surface area (Å²) in [6.45, 7) is 17.5. The molecule has 4 aliphatic carbocycles. The van der Waals surface area contributed by atoms with Crippen LogP contribution in [0.2, 0.25) is 0 Å². The van der Waals surface area contributed by atoms with E-state index in [1.165, 1.54) is 24.5 Å². The molecule has 2 aliphatic heterocycles. The Hall–Kier alpha value is -6.73. The van der Waals surface area contributed by atoms with Crippen molar-refractivity contribution < 1.29 is 78.5 Å². The Morgan fingerprint density at radius 3 is 1.61 bits per heavy atom. The molecular formula is C53H66BF7N6O12. The third-order valence-electron chi connectivity index (χ3n) is 15.4. The smallest absolute Gasteiger partial charge is 0.492 e. The summed E-state index contributed by atoms with van der Waals surface area (Å²) in [5.74, 6) is -7.36. The lowest BCUT2D eigenvalue weighted by molar-refractivity contribution is 0.0428. The SMILES string of the molecule is C.CC(C)(C)OC(=O)NC1(C)CNCC12CC2.COc1c(F)c(F)cc2c(=O)c(C(=O)OB(F)F)cn([C@@H]3C[C@@H]3F)c12.COc1c(N2CC3(CC3)C(C)(NC(=O)OC(C)(C)C)C2)c(F)cc2c(=O)c(C(=O)O)cn([C@@H]3C[C@@H]3F)c12. The Balaban J connectivity index is 0.000000186. The van der Waals surface area contributed by atoms with Crippen molar-refractivity contribution in [2.45, 2.75) is 148 Å².